The minimum atomic E-state index is 0.122. The molecule has 0 aromatic rings. The van der Waals surface area contributed by atoms with Crippen molar-refractivity contribution in [3.8, 4) is 0 Å². The monoisotopic (exact) mass is 705 g/mol. The van der Waals surface area contributed by atoms with E-state index >= 15 is 0 Å². The molecule has 2 aliphatic carbocycles. The highest BCUT2D eigenvalue weighted by molar-refractivity contribution is 5.33. The van der Waals surface area contributed by atoms with Crippen LogP contribution >= 0.6 is 0 Å². The standard InChI is InChI=1S/C50H72O2/c1-37(19-15-21-39(3)23-29-47-43(7)25-27-45(49(47,9)10)35-41(5)31-33-51)17-13-14-18-38(2)20-16-22-40(4)24-30-48-44(8)26-28-46(50(48,11)12)36-42(6)32-34-52/h13-26,29-32,45-48,51-52H,27-28,33-36H2,1-12H3/b14-13+,19-15+,20-16+,29-23+,30-24+,37-17+,38-18+,39-21+,40-22+,41-31+,42-32+/t45-,46-,47-,48-/m1/s1. The molecule has 0 aliphatic heterocycles. The zero-order valence-electron chi connectivity index (χ0n) is 34.8. The first kappa shape index (κ1) is 44.7. The van der Waals surface area contributed by atoms with Crippen LogP contribution < -0.4 is 0 Å². The van der Waals surface area contributed by atoms with Gasteiger partial charge in [-0.15, -0.1) is 0 Å². The van der Waals surface area contributed by atoms with Crippen LogP contribution in [0, 0.1) is 34.5 Å². The van der Waals surface area contributed by atoms with Gasteiger partial charge in [-0.1, -0.05) is 182 Å². The van der Waals surface area contributed by atoms with Crippen molar-refractivity contribution in [1.82, 2.24) is 0 Å². The van der Waals surface area contributed by atoms with Crippen LogP contribution in [0.25, 0.3) is 0 Å². The van der Waals surface area contributed by atoms with Crippen LogP contribution in [-0.2, 0) is 0 Å². The van der Waals surface area contributed by atoms with Crippen LogP contribution in [0.15, 0.2) is 154 Å². The molecule has 0 amide bonds. The Kier molecular flexibility index (Phi) is 18.8. The van der Waals surface area contributed by atoms with Gasteiger partial charge in [0.1, 0.15) is 0 Å². The lowest BCUT2D eigenvalue weighted by Crippen LogP contribution is -2.35. The van der Waals surface area contributed by atoms with Crippen LogP contribution in [0.2, 0.25) is 0 Å². The molecule has 284 valence electrons. The predicted octanol–water partition coefficient (Wildman–Crippen LogP) is 13.4. The van der Waals surface area contributed by atoms with Crippen LogP contribution in [0.4, 0.5) is 0 Å². The van der Waals surface area contributed by atoms with Crippen molar-refractivity contribution in [2.24, 2.45) is 34.5 Å². The van der Waals surface area contributed by atoms with E-state index in [1.165, 1.54) is 44.6 Å². The predicted molar refractivity (Wildman–Crippen MR) is 230 cm³/mol. The van der Waals surface area contributed by atoms with Crippen LogP contribution in [0.1, 0.15) is 109 Å². The van der Waals surface area contributed by atoms with Crippen LogP contribution in [0.3, 0.4) is 0 Å². The molecule has 0 fully saturated rings. The fourth-order valence-electron chi connectivity index (χ4n) is 7.78. The van der Waals surface area contributed by atoms with Gasteiger partial charge in [0.25, 0.3) is 0 Å². The molecule has 2 N–H and O–H groups in total. The summed E-state index contributed by atoms with van der Waals surface area (Å²) < 4.78 is 0. The summed E-state index contributed by atoms with van der Waals surface area (Å²) >= 11 is 0. The molecule has 52 heavy (non-hydrogen) atoms. The van der Waals surface area contributed by atoms with E-state index < -0.39 is 0 Å². The van der Waals surface area contributed by atoms with Gasteiger partial charge in [0.2, 0.25) is 0 Å². The topological polar surface area (TPSA) is 40.5 Å². The summed E-state index contributed by atoms with van der Waals surface area (Å²) in [5, 5.41) is 18.6. The second-order valence-corrected chi connectivity index (χ2v) is 16.7. The highest BCUT2D eigenvalue weighted by Gasteiger charge is 2.40. The van der Waals surface area contributed by atoms with Crippen molar-refractivity contribution in [2.45, 2.75) is 109 Å². The van der Waals surface area contributed by atoms with Crippen LogP contribution in [-0.4, -0.2) is 23.4 Å². The third-order valence-corrected chi connectivity index (χ3v) is 11.5. The number of aliphatic hydroxyl groups excluding tert-OH is 2. The van der Waals surface area contributed by atoms with E-state index in [9.17, 15) is 10.2 Å². The summed E-state index contributed by atoms with van der Waals surface area (Å²) in [6.45, 7) is 27.2. The largest absolute Gasteiger partial charge is 0.392 e. The average Bonchev–Trinajstić information content (AvgIpc) is 3.05. The van der Waals surface area contributed by atoms with Crippen molar-refractivity contribution in [3.05, 3.63) is 154 Å². The molecule has 4 atom stereocenters. The first-order valence-corrected chi connectivity index (χ1v) is 19.5. The van der Waals surface area contributed by atoms with Gasteiger partial charge >= 0.3 is 0 Å². The Labute approximate surface area is 319 Å². The van der Waals surface area contributed by atoms with Crippen molar-refractivity contribution in [1.29, 1.82) is 0 Å². The second kappa shape index (κ2) is 21.9. The first-order valence-electron chi connectivity index (χ1n) is 19.5. The molecule has 0 saturated heterocycles. The van der Waals surface area contributed by atoms with Crippen LogP contribution in [0.5, 0.6) is 0 Å². The lowest BCUT2D eigenvalue weighted by Gasteiger charge is -2.44. The first-order chi connectivity index (χ1) is 24.5. The van der Waals surface area contributed by atoms with Gasteiger partial charge < -0.3 is 10.2 Å². The Morgan fingerprint density at radius 1 is 0.558 bits per heavy atom. The summed E-state index contributed by atoms with van der Waals surface area (Å²) in [6.07, 6.45) is 43.7. The zero-order valence-corrected chi connectivity index (χ0v) is 34.8. The molecule has 2 aliphatic rings. The number of hydrogen-bond acceptors (Lipinski definition) is 2. The molecule has 0 saturated carbocycles. The smallest absolute Gasteiger partial charge is 0.0614 e. The van der Waals surface area contributed by atoms with Gasteiger partial charge in [0.05, 0.1) is 13.2 Å². The molecule has 0 heterocycles. The molecule has 0 spiro atoms. The SMILES string of the molecule is CC1=CC[C@H](C/C(C)=C/CO)C(C)(C)[C@@H]1/C=C/C(C)=C/C=C/C(C)=C/C=C/C=C(C)/C=C/C=C(C)/C=C/[C@@H]1C(C)=CC[C@H](C/C(C)=C/CO)C1(C)C. The van der Waals surface area contributed by atoms with E-state index in [1.807, 2.05) is 12.2 Å². The number of rotatable bonds is 16. The Hall–Kier alpha value is -3.46. The van der Waals surface area contributed by atoms with E-state index in [1.54, 1.807) is 0 Å². The fourth-order valence-corrected chi connectivity index (χ4v) is 7.78. The lowest BCUT2D eigenvalue weighted by molar-refractivity contribution is 0.151. The fraction of sp³-hybridized carbons (Fsp3) is 0.480. The van der Waals surface area contributed by atoms with Crippen molar-refractivity contribution >= 4 is 0 Å². The summed E-state index contributed by atoms with van der Waals surface area (Å²) in [4.78, 5) is 0. The number of allylic oxidation sites excluding steroid dienone is 24. The molecular formula is C50H72O2. The van der Waals surface area contributed by atoms with Gasteiger partial charge in [-0.05, 0) is 104 Å². The van der Waals surface area contributed by atoms with Gasteiger partial charge in [-0.2, -0.15) is 0 Å². The minimum absolute atomic E-state index is 0.122. The van der Waals surface area contributed by atoms with Gasteiger partial charge in [-0.25, -0.2) is 0 Å². The zero-order chi connectivity index (χ0) is 38.9. The van der Waals surface area contributed by atoms with E-state index in [-0.39, 0.29) is 24.0 Å². The Bertz CT molecular complexity index is 1460. The summed E-state index contributed by atoms with van der Waals surface area (Å²) in [7, 11) is 0. The van der Waals surface area contributed by atoms with Gasteiger partial charge in [0, 0.05) is 11.8 Å². The second-order valence-electron chi connectivity index (χ2n) is 16.7. The van der Waals surface area contributed by atoms with E-state index in [4.69, 9.17) is 0 Å². The number of aliphatic hydroxyl groups is 2. The third-order valence-electron chi connectivity index (χ3n) is 11.5. The summed E-state index contributed by atoms with van der Waals surface area (Å²) in [5.41, 5.74) is 10.7. The third kappa shape index (κ3) is 14.5. The highest BCUT2D eigenvalue weighted by Crippen LogP contribution is 2.49. The van der Waals surface area contributed by atoms with Gasteiger partial charge in [0.15, 0.2) is 0 Å². The maximum atomic E-state index is 9.31. The molecule has 2 rings (SSSR count). The highest BCUT2D eigenvalue weighted by atomic mass is 16.3. The molecule has 2 nitrogen and oxygen atoms in total. The average molecular weight is 705 g/mol. The molecule has 0 radical (unpaired) electrons. The number of hydrogen-bond donors (Lipinski definition) is 2. The molecular weight excluding hydrogens is 633 g/mol. The van der Waals surface area contributed by atoms with E-state index in [0.29, 0.717) is 23.7 Å². The van der Waals surface area contributed by atoms with Gasteiger partial charge in [-0.3, -0.25) is 0 Å². The summed E-state index contributed by atoms with van der Waals surface area (Å²) in [6, 6.07) is 0. The maximum absolute atomic E-state index is 9.31. The van der Waals surface area contributed by atoms with Crippen molar-refractivity contribution in [3.63, 3.8) is 0 Å². The molecule has 2 heteroatoms. The molecule has 0 aromatic carbocycles. The molecule has 0 aromatic heterocycles. The minimum Gasteiger partial charge on any atom is -0.392 e. The van der Waals surface area contributed by atoms with Crippen molar-refractivity contribution in [2.75, 3.05) is 13.2 Å². The van der Waals surface area contributed by atoms with Crippen molar-refractivity contribution < 1.29 is 10.2 Å². The Balaban J connectivity index is 1.95. The molecule has 0 bridgehead atoms. The van der Waals surface area contributed by atoms with E-state index in [2.05, 4.69) is 180 Å². The van der Waals surface area contributed by atoms with E-state index in [0.717, 1.165) is 25.7 Å². The maximum Gasteiger partial charge on any atom is 0.0614 e. The lowest BCUT2D eigenvalue weighted by atomic mass is 9.61. The summed E-state index contributed by atoms with van der Waals surface area (Å²) in [5.74, 6) is 1.94. The Morgan fingerprint density at radius 3 is 1.23 bits per heavy atom. The Morgan fingerprint density at radius 2 is 0.885 bits per heavy atom. The quantitative estimate of drug-likeness (QED) is 0.124. The normalized spacial score (nSPS) is 25.7. The molecule has 0 unspecified atom stereocenters.